The quantitative estimate of drug-likeness (QED) is 0.884. The van der Waals surface area contributed by atoms with E-state index in [2.05, 4.69) is 31.2 Å². The molecule has 0 unspecified atom stereocenters. The topological polar surface area (TPSA) is 46.3 Å². The van der Waals surface area contributed by atoms with E-state index in [9.17, 15) is 4.79 Å². The Kier molecular flexibility index (Phi) is 3.71. The highest BCUT2D eigenvalue weighted by molar-refractivity contribution is 5.83. The summed E-state index contributed by atoms with van der Waals surface area (Å²) in [5, 5.41) is 0. The second-order valence-electron chi connectivity index (χ2n) is 5.48. The first-order valence-electron chi connectivity index (χ1n) is 6.59. The van der Waals surface area contributed by atoms with E-state index in [0.29, 0.717) is 13.1 Å². The average molecular weight is 246 g/mol. The van der Waals surface area contributed by atoms with Gasteiger partial charge in [-0.1, -0.05) is 36.2 Å². The molecule has 18 heavy (non-hydrogen) atoms. The maximum Gasteiger partial charge on any atom is 0.230 e. The van der Waals surface area contributed by atoms with Gasteiger partial charge in [0.15, 0.2) is 0 Å². The molecule has 2 N–H and O–H groups in total. The number of nitrogens with two attached hydrogens (primary N) is 1. The van der Waals surface area contributed by atoms with Crippen molar-refractivity contribution >= 4 is 5.91 Å². The minimum atomic E-state index is -0.264. The lowest BCUT2D eigenvalue weighted by molar-refractivity contribution is -0.145. The summed E-state index contributed by atoms with van der Waals surface area (Å²) < 4.78 is 0. The largest absolute Gasteiger partial charge is 0.341 e. The Bertz CT molecular complexity index is 415. The van der Waals surface area contributed by atoms with Crippen LogP contribution in [-0.4, -0.2) is 24.4 Å². The van der Waals surface area contributed by atoms with Crippen LogP contribution in [0.4, 0.5) is 0 Å². The summed E-state index contributed by atoms with van der Waals surface area (Å²) in [5.41, 5.74) is 7.92. The van der Waals surface area contributed by atoms with E-state index in [-0.39, 0.29) is 11.3 Å². The van der Waals surface area contributed by atoms with Gasteiger partial charge in [-0.05, 0) is 25.3 Å². The lowest BCUT2D eigenvalue weighted by atomic mass is 9.68. The van der Waals surface area contributed by atoms with Crippen molar-refractivity contribution in [1.82, 2.24) is 4.90 Å². The smallest absolute Gasteiger partial charge is 0.230 e. The van der Waals surface area contributed by atoms with Gasteiger partial charge in [0, 0.05) is 20.1 Å². The summed E-state index contributed by atoms with van der Waals surface area (Å²) in [4.78, 5) is 14.2. The summed E-state index contributed by atoms with van der Waals surface area (Å²) in [6.45, 7) is 3.21. The lowest BCUT2D eigenvalue weighted by Crippen LogP contribution is -2.50. The van der Waals surface area contributed by atoms with Gasteiger partial charge in [0.25, 0.3) is 0 Å². The van der Waals surface area contributed by atoms with Gasteiger partial charge in [-0.3, -0.25) is 4.79 Å². The highest BCUT2D eigenvalue weighted by Crippen LogP contribution is 2.41. The fourth-order valence-electron chi connectivity index (χ4n) is 2.55. The molecule has 0 aromatic heterocycles. The Morgan fingerprint density at radius 3 is 2.39 bits per heavy atom. The number of hydrogen-bond donors (Lipinski definition) is 1. The summed E-state index contributed by atoms with van der Waals surface area (Å²) in [5.74, 6) is 0.205. The zero-order chi connectivity index (χ0) is 13.2. The van der Waals surface area contributed by atoms with Crippen molar-refractivity contribution in [1.29, 1.82) is 0 Å². The summed E-state index contributed by atoms with van der Waals surface area (Å²) in [7, 11) is 1.87. The van der Waals surface area contributed by atoms with Crippen LogP contribution in [0.3, 0.4) is 0 Å². The minimum Gasteiger partial charge on any atom is -0.341 e. The van der Waals surface area contributed by atoms with E-state index in [1.165, 1.54) is 11.1 Å². The Hall–Kier alpha value is -1.35. The molecule has 1 aliphatic rings. The fourth-order valence-corrected chi connectivity index (χ4v) is 2.55. The molecular formula is C15H22N2O. The van der Waals surface area contributed by atoms with Crippen LogP contribution in [0, 0.1) is 12.3 Å². The van der Waals surface area contributed by atoms with Crippen LogP contribution >= 0.6 is 0 Å². The minimum absolute atomic E-state index is 0.205. The van der Waals surface area contributed by atoms with Crippen molar-refractivity contribution in [3.05, 3.63) is 35.4 Å². The monoisotopic (exact) mass is 246 g/mol. The molecule has 0 saturated heterocycles. The molecule has 0 aliphatic heterocycles. The highest BCUT2D eigenvalue weighted by atomic mass is 16.2. The zero-order valence-corrected chi connectivity index (χ0v) is 11.3. The fraction of sp³-hybridized carbons (Fsp3) is 0.533. The SMILES string of the molecule is Cc1ccc(CN(C)C(=O)C2(CN)CCC2)cc1. The maximum atomic E-state index is 12.4. The van der Waals surface area contributed by atoms with Crippen LogP contribution < -0.4 is 5.73 Å². The molecular weight excluding hydrogens is 224 g/mol. The molecule has 2 rings (SSSR count). The van der Waals surface area contributed by atoms with E-state index in [4.69, 9.17) is 5.73 Å². The first-order valence-corrected chi connectivity index (χ1v) is 6.59. The summed E-state index contributed by atoms with van der Waals surface area (Å²) >= 11 is 0. The third-order valence-electron chi connectivity index (χ3n) is 4.04. The van der Waals surface area contributed by atoms with E-state index >= 15 is 0 Å². The predicted molar refractivity (Wildman–Crippen MR) is 73.0 cm³/mol. The normalized spacial score (nSPS) is 17.1. The molecule has 0 atom stereocenters. The molecule has 3 heteroatoms. The van der Waals surface area contributed by atoms with Crippen LogP contribution in [-0.2, 0) is 11.3 Å². The van der Waals surface area contributed by atoms with Crippen LogP contribution in [0.15, 0.2) is 24.3 Å². The molecule has 0 radical (unpaired) electrons. The average Bonchev–Trinajstić information content (AvgIpc) is 2.31. The van der Waals surface area contributed by atoms with Gasteiger partial charge >= 0.3 is 0 Å². The van der Waals surface area contributed by atoms with Crippen LogP contribution in [0.25, 0.3) is 0 Å². The molecule has 1 aliphatic carbocycles. The van der Waals surface area contributed by atoms with Crippen LogP contribution in [0.1, 0.15) is 30.4 Å². The number of benzene rings is 1. The standard InChI is InChI=1S/C15H22N2O/c1-12-4-6-13(7-5-12)10-17(2)14(18)15(11-16)8-3-9-15/h4-7H,3,8-11,16H2,1-2H3. The van der Waals surface area contributed by atoms with Gasteiger partial charge in [0.05, 0.1) is 5.41 Å². The molecule has 1 aromatic rings. The van der Waals surface area contributed by atoms with Gasteiger partial charge in [-0.15, -0.1) is 0 Å². The second kappa shape index (κ2) is 5.11. The Labute approximate surface area is 109 Å². The van der Waals surface area contributed by atoms with E-state index in [0.717, 1.165) is 19.3 Å². The summed E-state index contributed by atoms with van der Waals surface area (Å²) in [6.07, 6.45) is 3.02. The zero-order valence-electron chi connectivity index (χ0n) is 11.3. The Morgan fingerprint density at radius 2 is 1.94 bits per heavy atom. The number of aryl methyl sites for hydroxylation is 1. The number of rotatable bonds is 4. The van der Waals surface area contributed by atoms with Crippen molar-refractivity contribution in [3.63, 3.8) is 0 Å². The van der Waals surface area contributed by atoms with E-state index < -0.39 is 0 Å². The van der Waals surface area contributed by atoms with Crippen LogP contribution in [0.5, 0.6) is 0 Å². The lowest BCUT2D eigenvalue weighted by Gasteiger charge is -2.41. The predicted octanol–water partition coefficient (Wildman–Crippen LogP) is 2.08. The second-order valence-corrected chi connectivity index (χ2v) is 5.48. The molecule has 3 nitrogen and oxygen atoms in total. The Balaban J connectivity index is 2.01. The molecule has 0 bridgehead atoms. The molecule has 98 valence electrons. The molecule has 1 fully saturated rings. The van der Waals surface area contributed by atoms with E-state index in [1.807, 2.05) is 11.9 Å². The van der Waals surface area contributed by atoms with Crippen molar-refractivity contribution in [3.8, 4) is 0 Å². The third kappa shape index (κ3) is 2.41. The van der Waals surface area contributed by atoms with Crippen molar-refractivity contribution in [2.24, 2.45) is 11.1 Å². The van der Waals surface area contributed by atoms with E-state index in [1.54, 1.807) is 0 Å². The number of nitrogens with zero attached hydrogens (tertiary/aromatic N) is 1. The van der Waals surface area contributed by atoms with Gasteiger partial charge in [0.2, 0.25) is 5.91 Å². The molecule has 0 spiro atoms. The number of hydrogen-bond acceptors (Lipinski definition) is 2. The molecule has 1 aromatic carbocycles. The summed E-state index contributed by atoms with van der Waals surface area (Å²) in [6, 6.07) is 8.31. The molecule has 0 heterocycles. The first kappa shape index (κ1) is 13.1. The first-order chi connectivity index (χ1) is 8.57. The van der Waals surface area contributed by atoms with Gasteiger partial charge < -0.3 is 10.6 Å². The van der Waals surface area contributed by atoms with Crippen molar-refractivity contribution in [2.75, 3.05) is 13.6 Å². The van der Waals surface area contributed by atoms with Crippen molar-refractivity contribution in [2.45, 2.75) is 32.7 Å². The van der Waals surface area contributed by atoms with Crippen LogP contribution in [0.2, 0.25) is 0 Å². The molecule has 1 amide bonds. The highest BCUT2D eigenvalue weighted by Gasteiger charge is 2.44. The number of carbonyl (C=O) groups excluding carboxylic acids is 1. The van der Waals surface area contributed by atoms with Gasteiger partial charge in [0.1, 0.15) is 0 Å². The third-order valence-corrected chi connectivity index (χ3v) is 4.04. The maximum absolute atomic E-state index is 12.4. The Morgan fingerprint density at radius 1 is 1.33 bits per heavy atom. The number of carbonyl (C=O) groups is 1. The van der Waals surface area contributed by atoms with Crippen molar-refractivity contribution < 1.29 is 4.79 Å². The van der Waals surface area contributed by atoms with Gasteiger partial charge in [-0.25, -0.2) is 0 Å². The molecule has 1 saturated carbocycles. The number of amides is 1. The van der Waals surface area contributed by atoms with Gasteiger partial charge in [-0.2, -0.15) is 0 Å².